The first-order valence-electron chi connectivity index (χ1n) is 22.3. The van der Waals surface area contributed by atoms with Crippen molar-refractivity contribution < 1.29 is 31.9 Å². The summed E-state index contributed by atoms with van der Waals surface area (Å²) >= 11 is 0. The van der Waals surface area contributed by atoms with E-state index in [0.29, 0.717) is 25.8 Å². The van der Waals surface area contributed by atoms with Crippen molar-refractivity contribution in [3.8, 4) is 0 Å². The van der Waals surface area contributed by atoms with Gasteiger partial charge in [-0.05, 0) is 84.8 Å². The van der Waals surface area contributed by atoms with E-state index in [1.165, 1.54) is 56.2 Å². The Labute approximate surface area is 377 Å². The monoisotopic (exact) mass is 879 g/mol. The molecular weight excluding hydrogens is 821 g/mol. The number of hydrogen-bond donors (Lipinski definition) is 2. The predicted molar refractivity (Wildman–Crippen MR) is 259 cm³/mol. The molecule has 11 heteroatoms. The molecule has 3 heterocycles. The molecular formula is C53H59N4O6S+. The highest BCUT2D eigenvalue weighted by Crippen LogP contribution is 2.51. The topological polar surface area (TPSA) is 127 Å². The Morgan fingerprint density at radius 3 is 2.00 bits per heavy atom. The molecule has 0 unspecified atom stereocenters. The number of amides is 3. The van der Waals surface area contributed by atoms with Gasteiger partial charge in [0.1, 0.15) is 6.54 Å². The van der Waals surface area contributed by atoms with Gasteiger partial charge >= 0.3 is 0 Å². The maximum Gasteiger partial charge on any atom is 0.264 e. The van der Waals surface area contributed by atoms with Crippen molar-refractivity contribution in [2.45, 2.75) is 77.0 Å². The van der Waals surface area contributed by atoms with Gasteiger partial charge in [-0.3, -0.25) is 23.8 Å². The number of fused-ring (bicyclic) bond motifs is 6. The van der Waals surface area contributed by atoms with Crippen molar-refractivity contribution in [1.82, 2.24) is 10.2 Å². The Morgan fingerprint density at radius 2 is 1.31 bits per heavy atom. The van der Waals surface area contributed by atoms with Crippen molar-refractivity contribution in [3.63, 3.8) is 0 Å². The molecule has 2 N–H and O–H groups in total. The minimum absolute atomic E-state index is 0.0807. The van der Waals surface area contributed by atoms with Gasteiger partial charge in [0.25, 0.3) is 21.9 Å². The van der Waals surface area contributed by atoms with Crippen LogP contribution in [0, 0.1) is 0 Å². The van der Waals surface area contributed by atoms with Crippen LogP contribution in [-0.4, -0.2) is 77.8 Å². The van der Waals surface area contributed by atoms with Crippen LogP contribution in [0.1, 0.15) is 77.3 Å². The van der Waals surface area contributed by atoms with Gasteiger partial charge in [0.05, 0.1) is 11.2 Å². The molecule has 0 bridgehead atoms. The van der Waals surface area contributed by atoms with E-state index in [-0.39, 0.29) is 47.4 Å². The Morgan fingerprint density at radius 1 is 0.688 bits per heavy atom. The predicted octanol–water partition coefficient (Wildman–Crippen LogP) is 9.55. The second kappa shape index (κ2) is 19.7. The van der Waals surface area contributed by atoms with Crippen LogP contribution >= 0.6 is 0 Å². The lowest BCUT2D eigenvalue weighted by Gasteiger charge is -2.27. The summed E-state index contributed by atoms with van der Waals surface area (Å²) in [5, 5.41) is 7.69. The highest BCUT2D eigenvalue weighted by molar-refractivity contribution is 7.85. The lowest BCUT2D eigenvalue weighted by Crippen LogP contribution is -2.38. The fraction of sp³-hybridized carbons (Fsp3) is 0.321. The number of carbonyl (C=O) groups is 3. The van der Waals surface area contributed by atoms with E-state index in [1.54, 1.807) is 0 Å². The third-order valence-electron chi connectivity index (χ3n) is 12.6. The summed E-state index contributed by atoms with van der Waals surface area (Å²) in [6.07, 6.45) is 25.0. The zero-order valence-electron chi connectivity index (χ0n) is 37.3. The fourth-order valence-corrected chi connectivity index (χ4v) is 10.1. The summed E-state index contributed by atoms with van der Waals surface area (Å²) in [6.45, 7) is 10.9. The molecule has 7 rings (SSSR count). The number of carbonyl (C=O) groups excluding carboxylic acids is 3. The standard InChI is InChI=1S/C53H58N4O6S/c1-52(2)45(55(43-30-28-39-21-14-16-23-41(39)50(43)52)35-18-10-13-27-47(58)54-34-37-57-48(59)32-33-49(57)60)25-11-8-6-5-7-9-12-26-46-53(3,4)51-42-24-17-15-22-40(42)29-31-44(51)56(46)36-19-20-38-64(61,62)63/h5-9,11-12,14-17,21-26,28-33H,10,13,18-20,27,34-38H2,1-4H3,(H-,54,58,61,62,63)/p+1. The number of rotatable bonds is 19. The number of unbranched alkanes of at least 4 members (excludes halogenated alkanes) is 3. The van der Waals surface area contributed by atoms with Gasteiger partial charge in [-0.25, -0.2) is 0 Å². The summed E-state index contributed by atoms with van der Waals surface area (Å²) < 4.78 is 34.6. The van der Waals surface area contributed by atoms with Gasteiger partial charge in [-0.2, -0.15) is 13.0 Å². The van der Waals surface area contributed by atoms with E-state index in [0.717, 1.165) is 42.1 Å². The first-order valence-corrected chi connectivity index (χ1v) is 23.9. The van der Waals surface area contributed by atoms with Crippen LogP contribution in [0.4, 0.5) is 11.4 Å². The SMILES string of the molecule is CC1(C)C(/C=C/C=C/C=C/C=C/C=C2/N(CCCCS(=O)(=O)O)c3ccc4ccccc4c3C2(C)C)=[N+](CCCCCC(=O)NCCN2C(=O)C=CC2=O)c2ccc3ccccc3c21. The molecule has 64 heavy (non-hydrogen) atoms. The molecule has 4 aromatic carbocycles. The maximum atomic E-state index is 12.5. The first kappa shape index (κ1) is 45.8. The van der Waals surface area contributed by atoms with Crippen LogP contribution < -0.4 is 10.2 Å². The van der Waals surface area contributed by atoms with E-state index >= 15 is 0 Å². The molecule has 0 aliphatic carbocycles. The highest BCUT2D eigenvalue weighted by Gasteiger charge is 2.45. The Balaban J connectivity index is 1.00. The second-order valence-electron chi connectivity index (χ2n) is 17.7. The van der Waals surface area contributed by atoms with Crippen molar-refractivity contribution in [1.29, 1.82) is 0 Å². The highest BCUT2D eigenvalue weighted by atomic mass is 32.2. The second-order valence-corrected chi connectivity index (χ2v) is 19.3. The quantitative estimate of drug-likeness (QED) is 0.0316. The molecule has 0 aromatic heterocycles. The summed E-state index contributed by atoms with van der Waals surface area (Å²) in [4.78, 5) is 39.5. The van der Waals surface area contributed by atoms with Gasteiger partial charge < -0.3 is 10.2 Å². The molecule has 0 radical (unpaired) electrons. The number of nitrogens with zero attached hydrogens (tertiary/aromatic N) is 3. The first-order chi connectivity index (χ1) is 30.7. The Kier molecular flexibility index (Phi) is 14.1. The molecule has 3 amide bonds. The zero-order chi connectivity index (χ0) is 45.5. The van der Waals surface area contributed by atoms with Gasteiger partial charge in [-0.1, -0.05) is 111 Å². The zero-order valence-corrected chi connectivity index (χ0v) is 38.1. The van der Waals surface area contributed by atoms with E-state index in [1.807, 2.05) is 30.4 Å². The van der Waals surface area contributed by atoms with Crippen LogP contribution in [0.15, 0.2) is 145 Å². The molecule has 10 nitrogen and oxygen atoms in total. The van der Waals surface area contributed by atoms with E-state index < -0.39 is 10.1 Å². The largest absolute Gasteiger partial charge is 0.354 e. The van der Waals surface area contributed by atoms with Gasteiger partial charge in [0.15, 0.2) is 5.71 Å². The fourth-order valence-electron chi connectivity index (χ4n) is 9.50. The molecule has 4 aromatic rings. The molecule has 332 valence electrons. The third kappa shape index (κ3) is 10.1. The number of imide groups is 1. The van der Waals surface area contributed by atoms with Crippen LogP contribution in [0.2, 0.25) is 0 Å². The van der Waals surface area contributed by atoms with Gasteiger partial charge in [-0.15, -0.1) is 0 Å². The van der Waals surface area contributed by atoms with Gasteiger partial charge in [0, 0.05) is 79.1 Å². The van der Waals surface area contributed by atoms with Crippen LogP contribution in [0.25, 0.3) is 21.5 Å². The van der Waals surface area contributed by atoms with E-state index in [2.05, 4.69) is 140 Å². The molecule has 0 spiro atoms. The summed E-state index contributed by atoms with van der Waals surface area (Å²) in [5.74, 6) is -1.02. The smallest absolute Gasteiger partial charge is 0.264 e. The van der Waals surface area contributed by atoms with E-state index in [9.17, 15) is 27.4 Å². The lowest BCUT2D eigenvalue weighted by atomic mass is 9.79. The van der Waals surface area contributed by atoms with Crippen LogP contribution in [-0.2, 0) is 35.3 Å². The third-order valence-corrected chi connectivity index (χ3v) is 13.4. The molecule has 0 saturated heterocycles. The molecule has 3 aliphatic rings. The van der Waals surface area contributed by atoms with E-state index in [4.69, 9.17) is 0 Å². The summed E-state index contributed by atoms with van der Waals surface area (Å²) in [5.41, 5.74) is 6.72. The molecule has 0 saturated carbocycles. The number of benzene rings is 4. The van der Waals surface area contributed by atoms with Crippen LogP contribution in [0.5, 0.6) is 0 Å². The van der Waals surface area contributed by atoms with Crippen LogP contribution in [0.3, 0.4) is 0 Å². The molecule has 0 fully saturated rings. The van der Waals surface area contributed by atoms with Gasteiger partial charge in [0.2, 0.25) is 11.6 Å². The normalized spacial score (nSPS) is 17.6. The number of anilines is 1. The van der Waals surface area contributed by atoms with Crippen molar-refractivity contribution in [3.05, 3.63) is 156 Å². The molecule has 3 aliphatic heterocycles. The average Bonchev–Trinajstić information content (AvgIpc) is 3.78. The summed E-state index contributed by atoms with van der Waals surface area (Å²) in [7, 11) is -4.01. The molecule has 0 atom stereocenters. The number of allylic oxidation sites excluding steroid dienone is 10. The lowest BCUT2D eigenvalue weighted by molar-refractivity contribution is -0.438. The van der Waals surface area contributed by atoms with Crippen molar-refractivity contribution in [2.75, 3.05) is 36.8 Å². The summed E-state index contributed by atoms with van der Waals surface area (Å²) in [6, 6.07) is 25.7. The minimum Gasteiger partial charge on any atom is -0.354 e. The average molecular weight is 880 g/mol. The van der Waals surface area contributed by atoms with Crippen molar-refractivity contribution >= 4 is 66.5 Å². The maximum absolute atomic E-state index is 12.5. The van der Waals surface area contributed by atoms with Crippen molar-refractivity contribution in [2.24, 2.45) is 0 Å². The minimum atomic E-state index is -4.01. The number of nitrogens with one attached hydrogen (secondary N) is 1. The number of hydrogen-bond acceptors (Lipinski definition) is 6. The Bertz CT molecular complexity index is 2770. The Hall–Kier alpha value is -6.17.